The first kappa shape index (κ1) is 22.7. The maximum absolute atomic E-state index is 14.3. The van der Waals surface area contributed by atoms with E-state index in [1.165, 1.54) is 31.6 Å². The first-order chi connectivity index (χ1) is 17.4. The molecule has 0 unspecified atom stereocenters. The molecular weight excluding hydrogens is 465 g/mol. The zero-order valence-electron chi connectivity index (χ0n) is 19.2. The molecule has 0 spiro atoms. The number of pyridine rings is 2. The van der Waals surface area contributed by atoms with Crippen LogP contribution in [-0.4, -0.2) is 43.2 Å². The Morgan fingerprint density at radius 2 is 2.00 bits per heavy atom. The zero-order chi connectivity index (χ0) is 25.4. The van der Waals surface area contributed by atoms with E-state index in [4.69, 9.17) is 21.2 Å². The third-order valence-corrected chi connectivity index (χ3v) is 5.59. The average Bonchev–Trinajstić information content (AvgIpc) is 3.35. The normalized spacial score (nSPS) is 11.0. The van der Waals surface area contributed by atoms with Gasteiger partial charge in [0.1, 0.15) is 0 Å². The van der Waals surface area contributed by atoms with Gasteiger partial charge in [-0.15, -0.1) is 0 Å². The number of nitrogens with two attached hydrogens (primary N) is 2. The highest BCUT2D eigenvalue weighted by Crippen LogP contribution is 2.37. The second kappa shape index (κ2) is 8.91. The molecule has 1 aromatic carbocycles. The lowest BCUT2D eigenvalue weighted by Crippen LogP contribution is -2.18. The summed E-state index contributed by atoms with van der Waals surface area (Å²) in [4.78, 5) is 29.6. The summed E-state index contributed by atoms with van der Waals surface area (Å²) in [6, 6.07) is 8.05. The number of benzene rings is 1. The minimum Gasteiger partial charge on any atom is -0.481 e. The molecular formula is C24H20FN9O2. The lowest BCUT2D eigenvalue weighted by molar-refractivity contribution is 0.0996. The van der Waals surface area contributed by atoms with Crippen LogP contribution in [0.2, 0.25) is 0 Å². The number of halogens is 1. The first-order valence-electron chi connectivity index (χ1n) is 10.7. The topological polar surface area (TPSA) is 171 Å². The van der Waals surface area contributed by atoms with Crippen molar-refractivity contribution in [2.45, 2.75) is 6.92 Å². The highest BCUT2D eigenvalue weighted by atomic mass is 19.1. The summed E-state index contributed by atoms with van der Waals surface area (Å²) in [7, 11) is 1.45. The van der Waals surface area contributed by atoms with Gasteiger partial charge in [0.05, 0.1) is 42.1 Å². The molecule has 0 saturated carbocycles. The van der Waals surface area contributed by atoms with Crippen molar-refractivity contribution >= 4 is 34.0 Å². The van der Waals surface area contributed by atoms with Crippen LogP contribution in [0.1, 0.15) is 16.1 Å². The van der Waals surface area contributed by atoms with E-state index in [0.717, 1.165) is 16.5 Å². The van der Waals surface area contributed by atoms with Crippen LogP contribution < -0.4 is 21.5 Å². The Labute approximate surface area is 203 Å². The highest BCUT2D eigenvalue weighted by molar-refractivity contribution is 6.04. The Bertz CT molecular complexity index is 1630. The summed E-state index contributed by atoms with van der Waals surface area (Å²) in [5.41, 5.74) is 15.1. The number of amides is 1. The van der Waals surface area contributed by atoms with Crippen molar-refractivity contribution in [2.75, 3.05) is 18.2 Å². The van der Waals surface area contributed by atoms with Crippen molar-refractivity contribution in [2.24, 2.45) is 5.73 Å². The molecule has 0 fully saturated rings. The van der Waals surface area contributed by atoms with Crippen LogP contribution >= 0.6 is 0 Å². The number of nitrogen functional groups attached to an aromatic ring is 1. The van der Waals surface area contributed by atoms with Crippen LogP contribution in [0.4, 0.5) is 21.6 Å². The van der Waals surface area contributed by atoms with Crippen LogP contribution in [0.25, 0.3) is 33.5 Å². The molecule has 5 rings (SSSR count). The molecule has 12 heteroatoms. The fraction of sp³-hybridized carbons (Fsp3) is 0.0833. The SMILES string of the molecule is COc1cc(-c2nc(C(N)=O)c(N)c(-c3c(C)ccc4[nH]ncc34)n2)c(Nc2ncccc2F)cn1. The molecule has 4 heterocycles. The number of aromatic nitrogens is 6. The Kier molecular flexibility index (Phi) is 5.60. The predicted molar refractivity (Wildman–Crippen MR) is 132 cm³/mol. The minimum atomic E-state index is -0.833. The smallest absolute Gasteiger partial charge is 0.269 e. The molecule has 0 aliphatic carbocycles. The van der Waals surface area contributed by atoms with Crippen molar-refractivity contribution in [3.63, 3.8) is 0 Å². The number of carbonyl (C=O) groups excluding carboxylic acids is 1. The third kappa shape index (κ3) is 3.90. The van der Waals surface area contributed by atoms with Gasteiger partial charge in [0.2, 0.25) is 5.88 Å². The van der Waals surface area contributed by atoms with Crippen LogP contribution in [0.3, 0.4) is 0 Å². The molecule has 5 aromatic rings. The average molecular weight is 485 g/mol. The van der Waals surface area contributed by atoms with E-state index < -0.39 is 11.7 Å². The van der Waals surface area contributed by atoms with Gasteiger partial charge in [-0.2, -0.15) is 5.10 Å². The second-order valence-corrected chi connectivity index (χ2v) is 7.84. The largest absolute Gasteiger partial charge is 0.481 e. The van der Waals surface area contributed by atoms with Crippen LogP contribution in [-0.2, 0) is 0 Å². The van der Waals surface area contributed by atoms with Gasteiger partial charge in [-0.05, 0) is 30.7 Å². The van der Waals surface area contributed by atoms with E-state index in [9.17, 15) is 9.18 Å². The summed E-state index contributed by atoms with van der Waals surface area (Å²) < 4.78 is 19.6. The van der Waals surface area contributed by atoms with E-state index >= 15 is 0 Å². The molecule has 0 saturated heterocycles. The van der Waals surface area contributed by atoms with Gasteiger partial charge in [0.15, 0.2) is 23.2 Å². The van der Waals surface area contributed by atoms with Gasteiger partial charge < -0.3 is 21.5 Å². The van der Waals surface area contributed by atoms with Crippen molar-refractivity contribution < 1.29 is 13.9 Å². The monoisotopic (exact) mass is 485 g/mol. The number of aryl methyl sites for hydroxylation is 1. The molecule has 180 valence electrons. The maximum Gasteiger partial charge on any atom is 0.269 e. The van der Waals surface area contributed by atoms with Gasteiger partial charge in [0, 0.05) is 28.8 Å². The van der Waals surface area contributed by atoms with Crippen LogP contribution in [0, 0.1) is 12.7 Å². The standard InChI is InChI=1S/C24H20FN9O2/c1-11-5-6-15-13(9-30-34-15)18(11)20-19(26)21(22(27)35)33-23(32-20)12-8-17(36-2)29-10-16(12)31-24-14(25)4-3-7-28-24/h3-10H,26H2,1-2H3,(H2,27,35)(H,28,31)(H,30,34). The fourth-order valence-corrected chi connectivity index (χ4v) is 3.85. The Hall–Kier alpha value is -5.13. The maximum atomic E-state index is 14.3. The van der Waals surface area contributed by atoms with Gasteiger partial charge in [-0.3, -0.25) is 9.89 Å². The van der Waals surface area contributed by atoms with E-state index in [2.05, 4.69) is 30.5 Å². The first-order valence-corrected chi connectivity index (χ1v) is 10.7. The number of primary amides is 1. The Morgan fingerprint density at radius 3 is 2.75 bits per heavy atom. The molecule has 0 atom stereocenters. The molecule has 4 aromatic heterocycles. The molecule has 6 N–H and O–H groups in total. The number of ether oxygens (including phenoxy) is 1. The molecule has 11 nitrogen and oxygen atoms in total. The van der Waals surface area contributed by atoms with Crippen LogP contribution in [0.5, 0.6) is 5.88 Å². The van der Waals surface area contributed by atoms with Crippen molar-refractivity contribution in [3.8, 4) is 28.5 Å². The number of methoxy groups -OCH3 is 1. The number of rotatable bonds is 6. The summed E-state index contributed by atoms with van der Waals surface area (Å²) in [5.74, 6) is -1.10. The summed E-state index contributed by atoms with van der Waals surface area (Å²) in [6.07, 6.45) is 4.52. The molecule has 0 radical (unpaired) electrons. The number of carbonyl (C=O) groups is 1. The number of hydrogen-bond acceptors (Lipinski definition) is 9. The second-order valence-electron chi connectivity index (χ2n) is 7.84. The fourth-order valence-electron chi connectivity index (χ4n) is 3.85. The van der Waals surface area contributed by atoms with Crippen molar-refractivity contribution in [1.82, 2.24) is 30.1 Å². The van der Waals surface area contributed by atoms with E-state index in [1.807, 2.05) is 19.1 Å². The molecule has 1 amide bonds. The van der Waals surface area contributed by atoms with Crippen LogP contribution in [0.15, 0.2) is 48.9 Å². The number of aromatic amines is 1. The summed E-state index contributed by atoms with van der Waals surface area (Å²) >= 11 is 0. The minimum absolute atomic E-state index is 0.0225. The Morgan fingerprint density at radius 1 is 1.17 bits per heavy atom. The molecule has 0 aliphatic heterocycles. The van der Waals surface area contributed by atoms with Crippen molar-refractivity contribution in [1.29, 1.82) is 0 Å². The third-order valence-electron chi connectivity index (χ3n) is 5.59. The van der Waals surface area contributed by atoms with Gasteiger partial charge in [-0.25, -0.2) is 24.3 Å². The van der Waals surface area contributed by atoms with Gasteiger partial charge >= 0.3 is 0 Å². The predicted octanol–water partition coefficient (Wildman–Crippen LogP) is 3.36. The summed E-state index contributed by atoms with van der Waals surface area (Å²) in [6.45, 7) is 1.89. The highest BCUT2D eigenvalue weighted by Gasteiger charge is 2.23. The molecule has 0 aliphatic rings. The van der Waals surface area contributed by atoms with E-state index in [1.54, 1.807) is 12.3 Å². The molecule has 0 bridgehead atoms. The van der Waals surface area contributed by atoms with Gasteiger partial charge in [0.25, 0.3) is 5.91 Å². The Balaban J connectivity index is 1.78. The summed E-state index contributed by atoms with van der Waals surface area (Å²) in [5, 5.41) is 10.7. The number of hydrogen-bond donors (Lipinski definition) is 4. The number of H-pyrrole nitrogens is 1. The lowest BCUT2D eigenvalue weighted by Gasteiger charge is -2.16. The number of nitrogens with zero attached hydrogens (tertiary/aromatic N) is 5. The number of nitrogens with one attached hydrogen (secondary N) is 2. The lowest BCUT2D eigenvalue weighted by atomic mass is 9.99. The zero-order valence-corrected chi connectivity index (χ0v) is 19.2. The number of anilines is 3. The van der Waals surface area contributed by atoms with E-state index in [-0.39, 0.29) is 28.9 Å². The van der Waals surface area contributed by atoms with Crippen molar-refractivity contribution in [3.05, 3.63) is 66.0 Å². The van der Waals surface area contributed by atoms with E-state index in [0.29, 0.717) is 22.5 Å². The van der Waals surface area contributed by atoms with Gasteiger partial charge in [-0.1, -0.05) is 6.07 Å². The number of fused-ring (bicyclic) bond motifs is 1. The molecule has 36 heavy (non-hydrogen) atoms. The quantitative estimate of drug-likeness (QED) is 0.281.